The van der Waals surface area contributed by atoms with E-state index in [1.54, 1.807) is 42.5 Å². The van der Waals surface area contributed by atoms with Crippen LogP contribution in [-0.2, 0) is 6.54 Å². The molecule has 0 atom stereocenters. The topological polar surface area (TPSA) is 73.1 Å². The smallest absolute Gasteiger partial charge is 0.252 e. The maximum Gasteiger partial charge on any atom is 0.252 e. The lowest BCUT2D eigenvalue weighted by atomic mass is 10.0. The summed E-state index contributed by atoms with van der Waals surface area (Å²) in [4.78, 5) is 25.4. The van der Waals surface area contributed by atoms with E-state index >= 15 is 0 Å². The predicted molar refractivity (Wildman–Crippen MR) is 99.1 cm³/mol. The fourth-order valence-corrected chi connectivity index (χ4v) is 3.40. The van der Waals surface area contributed by atoms with Crippen LogP contribution in [0.15, 0.2) is 65.7 Å². The summed E-state index contributed by atoms with van der Waals surface area (Å²) in [5.41, 5.74) is 3.28. The van der Waals surface area contributed by atoms with Crippen LogP contribution in [0, 0.1) is 5.21 Å². The van der Waals surface area contributed by atoms with Gasteiger partial charge in [-0.15, -0.1) is 0 Å². The normalized spacial score (nSPS) is 11.8. The fourth-order valence-electron chi connectivity index (χ4n) is 3.19. The minimum absolute atomic E-state index is 0.0432. The van der Waals surface area contributed by atoms with Gasteiger partial charge in [-0.1, -0.05) is 49.0 Å². The van der Waals surface area contributed by atoms with Crippen LogP contribution in [0.25, 0.3) is 11.1 Å². The van der Waals surface area contributed by atoms with Crippen LogP contribution in [0.5, 0.6) is 0 Å². The van der Waals surface area contributed by atoms with E-state index < -0.39 is 5.91 Å². The van der Waals surface area contributed by atoms with Gasteiger partial charge in [-0.25, -0.2) is 0 Å². The SMILES string of the molecule is O=C(NCc1cccc(S)[n+]1[O-])c1cccc2c1C(=O)c1ccccc1-2. The third-order valence-corrected chi connectivity index (χ3v) is 4.76. The van der Waals surface area contributed by atoms with E-state index in [4.69, 9.17) is 0 Å². The van der Waals surface area contributed by atoms with Crippen molar-refractivity contribution in [2.75, 3.05) is 0 Å². The first kappa shape index (κ1) is 16.4. The number of pyridine rings is 1. The number of amides is 1. The van der Waals surface area contributed by atoms with Crippen LogP contribution in [0.2, 0.25) is 0 Å². The van der Waals surface area contributed by atoms with Gasteiger partial charge in [-0.05, 0) is 23.3 Å². The quantitative estimate of drug-likeness (QED) is 0.334. The first-order valence-electron chi connectivity index (χ1n) is 8.03. The Bertz CT molecular complexity index is 1060. The Morgan fingerprint density at radius 1 is 0.962 bits per heavy atom. The molecule has 0 aliphatic heterocycles. The van der Waals surface area contributed by atoms with E-state index in [9.17, 15) is 14.8 Å². The van der Waals surface area contributed by atoms with Gasteiger partial charge in [0, 0.05) is 23.3 Å². The summed E-state index contributed by atoms with van der Waals surface area (Å²) < 4.78 is 0.653. The molecule has 0 unspecified atom stereocenters. The molecule has 0 bridgehead atoms. The highest BCUT2D eigenvalue weighted by Crippen LogP contribution is 2.37. The second-order valence-electron chi connectivity index (χ2n) is 5.96. The Morgan fingerprint density at radius 3 is 2.46 bits per heavy atom. The summed E-state index contributed by atoms with van der Waals surface area (Å²) in [6.07, 6.45) is 0. The van der Waals surface area contributed by atoms with Crippen molar-refractivity contribution in [1.82, 2.24) is 5.32 Å². The lowest BCUT2D eigenvalue weighted by Gasteiger charge is -2.10. The lowest BCUT2D eigenvalue weighted by Crippen LogP contribution is -2.37. The molecule has 1 amide bonds. The van der Waals surface area contributed by atoms with Gasteiger partial charge in [0.15, 0.2) is 5.78 Å². The van der Waals surface area contributed by atoms with Gasteiger partial charge in [0.1, 0.15) is 6.54 Å². The van der Waals surface area contributed by atoms with Crippen molar-refractivity contribution in [3.8, 4) is 11.1 Å². The maximum atomic E-state index is 12.7. The molecule has 1 aromatic heterocycles. The van der Waals surface area contributed by atoms with Crippen molar-refractivity contribution in [3.63, 3.8) is 0 Å². The summed E-state index contributed by atoms with van der Waals surface area (Å²) >= 11 is 4.07. The molecule has 0 saturated carbocycles. The first-order valence-corrected chi connectivity index (χ1v) is 8.48. The maximum absolute atomic E-state index is 12.7. The van der Waals surface area contributed by atoms with Crippen LogP contribution in [-0.4, -0.2) is 11.7 Å². The molecule has 1 aliphatic carbocycles. The average Bonchev–Trinajstić information content (AvgIpc) is 2.96. The highest BCUT2D eigenvalue weighted by atomic mass is 32.1. The van der Waals surface area contributed by atoms with Gasteiger partial charge in [0.05, 0.1) is 5.56 Å². The number of aromatic nitrogens is 1. The number of thiol groups is 1. The van der Waals surface area contributed by atoms with Crippen LogP contribution in [0.4, 0.5) is 0 Å². The molecular weight excluding hydrogens is 348 g/mol. The molecule has 6 heteroatoms. The van der Waals surface area contributed by atoms with Crippen LogP contribution >= 0.6 is 12.6 Å². The molecule has 0 fully saturated rings. The van der Waals surface area contributed by atoms with E-state index in [1.807, 2.05) is 18.2 Å². The van der Waals surface area contributed by atoms with Crippen LogP contribution < -0.4 is 10.0 Å². The Hall–Kier alpha value is -3.12. The second-order valence-corrected chi connectivity index (χ2v) is 6.41. The lowest BCUT2D eigenvalue weighted by molar-refractivity contribution is -0.653. The molecule has 26 heavy (non-hydrogen) atoms. The zero-order chi connectivity index (χ0) is 18.3. The minimum atomic E-state index is -0.396. The Kier molecular flexibility index (Phi) is 3.97. The predicted octanol–water partition coefficient (Wildman–Crippen LogP) is 2.75. The number of hydrogen-bond donors (Lipinski definition) is 2. The number of carbonyl (C=O) groups is 2. The minimum Gasteiger partial charge on any atom is -0.618 e. The molecule has 1 heterocycles. The monoisotopic (exact) mass is 362 g/mol. The van der Waals surface area contributed by atoms with E-state index in [0.29, 0.717) is 27.1 Å². The average molecular weight is 362 g/mol. The number of nitrogens with zero attached hydrogens (tertiary/aromatic N) is 1. The highest BCUT2D eigenvalue weighted by molar-refractivity contribution is 7.80. The van der Waals surface area contributed by atoms with Gasteiger partial charge in [-0.3, -0.25) is 9.59 Å². The molecule has 4 rings (SSSR count). The van der Waals surface area contributed by atoms with Crippen molar-refractivity contribution >= 4 is 24.3 Å². The summed E-state index contributed by atoms with van der Waals surface area (Å²) in [5.74, 6) is -0.551. The largest absolute Gasteiger partial charge is 0.618 e. The van der Waals surface area contributed by atoms with Crippen molar-refractivity contribution in [3.05, 3.63) is 88.3 Å². The molecule has 1 aliphatic rings. The zero-order valence-electron chi connectivity index (χ0n) is 13.6. The van der Waals surface area contributed by atoms with Crippen LogP contribution in [0.3, 0.4) is 0 Å². The standard InChI is InChI=1S/C20H14N2O3S/c23-19-15-7-2-1-6-13(15)14-8-4-9-16(18(14)19)20(24)21-11-12-5-3-10-17(26)22(12)25/h1-10,26H,11H2,(H,21,24). The second kappa shape index (κ2) is 6.31. The highest BCUT2D eigenvalue weighted by Gasteiger charge is 2.30. The number of benzene rings is 2. The molecule has 3 aromatic rings. The summed E-state index contributed by atoms with van der Waals surface area (Å²) in [7, 11) is 0. The number of ketones is 1. The van der Waals surface area contributed by atoms with E-state index in [1.165, 1.54) is 0 Å². The zero-order valence-corrected chi connectivity index (χ0v) is 14.5. The first-order chi connectivity index (χ1) is 12.6. The molecule has 1 N–H and O–H groups in total. The van der Waals surface area contributed by atoms with E-state index in [0.717, 1.165) is 11.1 Å². The summed E-state index contributed by atoms with van der Waals surface area (Å²) in [6, 6.07) is 17.4. The van der Waals surface area contributed by atoms with Gasteiger partial charge < -0.3 is 10.5 Å². The third kappa shape index (κ3) is 2.55. The number of nitrogens with one attached hydrogen (secondary N) is 1. The summed E-state index contributed by atoms with van der Waals surface area (Å²) in [6.45, 7) is 0.0432. The van der Waals surface area contributed by atoms with Crippen molar-refractivity contribution < 1.29 is 14.3 Å². The van der Waals surface area contributed by atoms with Gasteiger partial charge >= 0.3 is 0 Å². The third-order valence-electron chi connectivity index (χ3n) is 4.43. The number of hydrogen-bond acceptors (Lipinski definition) is 4. The molecule has 0 saturated heterocycles. The van der Waals surface area contributed by atoms with Gasteiger partial charge in [0.2, 0.25) is 10.7 Å². The Morgan fingerprint density at radius 2 is 1.65 bits per heavy atom. The van der Waals surface area contributed by atoms with Crippen LogP contribution in [0.1, 0.15) is 32.0 Å². The molecular formula is C20H14N2O3S. The van der Waals surface area contributed by atoms with Crippen molar-refractivity contribution in [2.24, 2.45) is 0 Å². The summed E-state index contributed by atoms with van der Waals surface area (Å²) in [5, 5.41) is 14.9. The number of carbonyl (C=O) groups excluding carboxylic acids is 2. The molecule has 0 radical (unpaired) electrons. The fraction of sp³-hybridized carbons (Fsp3) is 0.0500. The van der Waals surface area contributed by atoms with E-state index in [-0.39, 0.29) is 17.4 Å². The molecule has 5 nitrogen and oxygen atoms in total. The van der Waals surface area contributed by atoms with E-state index in [2.05, 4.69) is 17.9 Å². The van der Waals surface area contributed by atoms with Gasteiger partial charge in [-0.2, -0.15) is 4.73 Å². The van der Waals surface area contributed by atoms with Gasteiger partial charge in [0.25, 0.3) is 5.91 Å². The Balaban J connectivity index is 1.65. The molecule has 2 aromatic carbocycles. The van der Waals surface area contributed by atoms with Crippen molar-refractivity contribution in [1.29, 1.82) is 0 Å². The molecule has 128 valence electrons. The van der Waals surface area contributed by atoms with Crippen molar-refractivity contribution in [2.45, 2.75) is 11.6 Å². The Labute approximate surface area is 155 Å². The number of fused-ring (bicyclic) bond motifs is 3. The number of rotatable bonds is 3. The molecule has 0 spiro atoms.